The van der Waals surface area contributed by atoms with E-state index in [0.29, 0.717) is 23.2 Å². The molecule has 2 aromatic heterocycles. The Balaban J connectivity index is 1.44. The van der Waals surface area contributed by atoms with E-state index in [1.165, 1.54) is 12.8 Å². The fourth-order valence-electron chi connectivity index (χ4n) is 5.72. The van der Waals surface area contributed by atoms with E-state index in [4.69, 9.17) is 15.6 Å². The Morgan fingerprint density at radius 1 is 1.05 bits per heavy atom. The molecule has 0 unspecified atom stereocenters. The fraction of sp³-hybridized carbons (Fsp3) is 0.258. The van der Waals surface area contributed by atoms with Crippen LogP contribution in [0, 0.1) is 6.92 Å². The van der Waals surface area contributed by atoms with E-state index in [9.17, 15) is 9.90 Å². The summed E-state index contributed by atoms with van der Waals surface area (Å²) in [6.07, 6.45) is 6.33. The number of nitrogens with two attached hydrogens (primary N) is 1. The first-order chi connectivity index (χ1) is 18.5. The molecule has 1 fully saturated rings. The minimum Gasteiger partial charge on any atom is -0.487 e. The third kappa shape index (κ3) is 4.34. The summed E-state index contributed by atoms with van der Waals surface area (Å²) in [4.78, 5) is 15.7. The van der Waals surface area contributed by atoms with Crippen LogP contribution in [0.5, 0.6) is 5.75 Å². The molecule has 7 heteroatoms. The average molecular weight is 507 g/mol. The minimum absolute atomic E-state index is 0.0809. The van der Waals surface area contributed by atoms with Crippen molar-refractivity contribution in [2.45, 2.75) is 51.7 Å². The largest absolute Gasteiger partial charge is 0.487 e. The average Bonchev–Trinajstić information content (AvgIpc) is 3.57. The van der Waals surface area contributed by atoms with Gasteiger partial charge in [-0.05, 0) is 66.1 Å². The summed E-state index contributed by atoms with van der Waals surface area (Å²) in [5, 5.41) is 17.5. The SMILES string of the molecule is Cc1cccc(OCc2nn(C3CCCC3)c3ccc(-c4cccc5c(N)nccc45)cc23)c1CC(=O)O. The van der Waals surface area contributed by atoms with Crippen molar-refractivity contribution < 1.29 is 14.6 Å². The number of nitrogen functional groups attached to an aromatic ring is 1. The van der Waals surface area contributed by atoms with E-state index in [1.807, 2.05) is 43.3 Å². The van der Waals surface area contributed by atoms with Gasteiger partial charge in [-0.1, -0.05) is 49.2 Å². The molecule has 0 atom stereocenters. The molecule has 0 saturated heterocycles. The van der Waals surface area contributed by atoms with Gasteiger partial charge in [0.25, 0.3) is 0 Å². The van der Waals surface area contributed by atoms with E-state index >= 15 is 0 Å². The zero-order valence-electron chi connectivity index (χ0n) is 21.4. The second-order valence-electron chi connectivity index (χ2n) is 10.1. The molecule has 3 N–H and O–H groups in total. The second kappa shape index (κ2) is 9.82. The van der Waals surface area contributed by atoms with Gasteiger partial charge < -0.3 is 15.6 Å². The van der Waals surface area contributed by atoms with Crippen molar-refractivity contribution in [3.8, 4) is 16.9 Å². The number of hydrogen-bond acceptors (Lipinski definition) is 5. The van der Waals surface area contributed by atoms with Crippen LogP contribution in [0.1, 0.15) is 48.5 Å². The van der Waals surface area contributed by atoms with Crippen molar-refractivity contribution in [1.29, 1.82) is 0 Å². The molecular weight excluding hydrogens is 476 g/mol. The minimum atomic E-state index is -0.879. The monoisotopic (exact) mass is 506 g/mol. The van der Waals surface area contributed by atoms with E-state index < -0.39 is 5.97 Å². The fourth-order valence-corrected chi connectivity index (χ4v) is 5.72. The molecule has 1 aliphatic rings. The van der Waals surface area contributed by atoms with Crippen molar-refractivity contribution >= 4 is 33.5 Å². The van der Waals surface area contributed by atoms with Gasteiger partial charge in [0.05, 0.1) is 18.0 Å². The predicted molar refractivity (Wildman–Crippen MR) is 149 cm³/mol. The van der Waals surface area contributed by atoms with Crippen molar-refractivity contribution in [2.75, 3.05) is 5.73 Å². The molecule has 7 nitrogen and oxygen atoms in total. The number of aromatic nitrogens is 3. The number of aliphatic carboxylic acids is 1. The van der Waals surface area contributed by atoms with Crippen LogP contribution in [0.3, 0.4) is 0 Å². The third-order valence-electron chi connectivity index (χ3n) is 7.66. The number of carboxylic acids is 1. The second-order valence-corrected chi connectivity index (χ2v) is 10.1. The maximum absolute atomic E-state index is 11.5. The number of carbonyl (C=O) groups is 1. The summed E-state index contributed by atoms with van der Waals surface area (Å²) in [6.45, 7) is 2.16. The summed E-state index contributed by atoms with van der Waals surface area (Å²) in [5.41, 5.74) is 11.9. The van der Waals surface area contributed by atoms with Gasteiger partial charge in [-0.25, -0.2) is 4.98 Å². The van der Waals surface area contributed by atoms with Crippen LogP contribution in [0.25, 0.3) is 32.8 Å². The van der Waals surface area contributed by atoms with Gasteiger partial charge in [-0.15, -0.1) is 0 Å². The lowest BCUT2D eigenvalue weighted by atomic mass is 9.97. The molecule has 6 rings (SSSR count). The third-order valence-corrected chi connectivity index (χ3v) is 7.66. The number of nitrogens with zero attached hydrogens (tertiary/aromatic N) is 3. The maximum Gasteiger partial charge on any atom is 0.307 e. The van der Waals surface area contributed by atoms with Gasteiger partial charge in [-0.3, -0.25) is 9.48 Å². The van der Waals surface area contributed by atoms with Crippen LogP contribution in [-0.4, -0.2) is 25.8 Å². The van der Waals surface area contributed by atoms with Crippen molar-refractivity contribution in [3.05, 3.63) is 83.7 Å². The zero-order valence-corrected chi connectivity index (χ0v) is 21.4. The van der Waals surface area contributed by atoms with Crippen LogP contribution in [0.4, 0.5) is 5.82 Å². The molecule has 0 amide bonds. The summed E-state index contributed by atoms with van der Waals surface area (Å²) in [7, 11) is 0. The van der Waals surface area contributed by atoms with Crippen molar-refractivity contribution in [1.82, 2.24) is 14.8 Å². The van der Waals surface area contributed by atoms with E-state index in [0.717, 1.165) is 56.9 Å². The van der Waals surface area contributed by atoms with Crippen molar-refractivity contribution in [3.63, 3.8) is 0 Å². The summed E-state index contributed by atoms with van der Waals surface area (Å²) >= 11 is 0. The van der Waals surface area contributed by atoms with Gasteiger partial charge in [-0.2, -0.15) is 5.10 Å². The van der Waals surface area contributed by atoms with E-state index in [-0.39, 0.29) is 13.0 Å². The van der Waals surface area contributed by atoms with Crippen LogP contribution >= 0.6 is 0 Å². The van der Waals surface area contributed by atoms with Gasteiger partial charge in [0, 0.05) is 22.5 Å². The number of benzene rings is 3. The molecule has 2 heterocycles. The quantitative estimate of drug-likeness (QED) is 0.262. The standard InChI is InChI=1S/C31H30N4O3/c1-19-6-4-11-29(25(19)17-30(36)37)38-18-27-26-16-20(12-13-28(26)35(34-27)21-7-2-3-8-21)22-9-5-10-24-23(22)14-15-33-31(24)32/h4-6,9-16,21H,2-3,7-8,17-18H2,1H3,(H2,32,33)(H,36,37). The van der Waals surface area contributed by atoms with Crippen LogP contribution in [0.15, 0.2) is 66.9 Å². The normalized spacial score (nSPS) is 13.9. The lowest BCUT2D eigenvalue weighted by molar-refractivity contribution is -0.136. The molecule has 5 aromatic rings. The first-order valence-corrected chi connectivity index (χ1v) is 13.1. The molecule has 192 valence electrons. The molecule has 38 heavy (non-hydrogen) atoms. The van der Waals surface area contributed by atoms with Crippen LogP contribution in [-0.2, 0) is 17.8 Å². The highest BCUT2D eigenvalue weighted by Gasteiger charge is 2.23. The number of aryl methyl sites for hydroxylation is 1. The molecule has 0 radical (unpaired) electrons. The Bertz CT molecular complexity index is 1670. The number of anilines is 1. The van der Waals surface area contributed by atoms with Gasteiger partial charge in [0.2, 0.25) is 0 Å². The molecular formula is C31H30N4O3. The van der Waals surface area contributed by atoms with Gasteiger partial charge >= 0.3 is 5.97 Å². The number of hydrogen-bond donors (Lipinski definition) is 2. The Morgan fingerprint density at radius 3 is 2.68 bits per heavy atom. The first kappa shape index (κ1) is 24.0. The first-order valence-electron chi connectivity index (χ1n) is 13.1. The number of pyridine rings is 1. The molecule has 1 aliphatic carbocycles. The van der Waals surface area contributed by atoms with Gasteiger partial charge in [0.1, 0.15) is 23.9 Å². The van der Waals surface area contributed by atoms with E-state index in [2.05, 4.69) is 33.9 Å². The van der Waals surface area contributed by atoms with Crippen LogP contribution in [0.2, 0.25) is 0 Å². The number of ether oxygens (including phenoxy) is 1. The Morgan fingerprint density at radius 2 is 1.87 bits per heavy atom. The lowest BCUT2D eigenvalue weighted by Gasteiger charge is -2.12. The maximum atomic E-state index is 11.5. The lowest BCUT2D eigenvalue weighted by Crippen LogP contribution is -2.08. The Hall–Kier alpha value is -4.39. The highest BCUT2D eigenvalue weighted by atomic mass is 16.5. The topological polar surface area (TPSA) is 103 Å². The number of fused-ring (bicyclic) bond motifs is 2. The molecule has 0 bridgehead atoms. The summed E-state index contributed by atoms with van der Waals surface area (Å²) in [6, 6.07) is 20.6. The zero-order chi connectivity index (χ0) is 26.2. The summed E-state index contributed by atoms with van der Waals surface area (Å²) in [5.74, 6) is 0.226. The highest BCUT2D eigenvalue weighted by molar-refractivity contribution is 6.02. The highest BCUT2D eigenvalue weighted by Crippen LogP contribution is 2.37. The number of carboxylic acid groups (broad SMARTS) is 1. The number of rotatable bonds is 7. The smallest absolute Gasteiger partial charge is 0.307 e. The molecule has 0 spiro atoms. The Kier molecular flexibility index (Phi) is 6.19. The predicted octanol–water partition coefficient (Wildman–Crippen LogP) is 6.46. The van der Waals surface area contributed by atoms with Crippen molar-refractivity contribution in [2.24, 2.45) is 0 Å². The summed E-state index contributed by atoms with van der Waals surface area (Å²) < 4.78 is 8.43. The molecule has 1 saturated carbocycles. The molecule has 3 aromatic carbocycles. The van der Waals surface area contributed by atoms with Gasteiger partial charge in [0.15, 0.2) is 0 Å². The Labute approximate surface area is 220 Å². The molecule has 0 aliphatic heterocycles. The van der Waals surface area contributed by atoms with Crippen LogP contribution < -0.4 is 10.5 Å². The van der Waals surface area contributed by atoms with E-state index in [1.54, 1.807) is 6.20 Å².